The summed E-state index contributed by atoms with van der Waals surface area (Å²) in [6, 6.07) is 12.9. The Morgan fingerprint density at radius 3 is 2.48 bits per heavy atom. The number of amides is 2. The van der Waals surface area contributed by atoms with Crippen molar-refractivity contribution < 1.29 is 14.3 Å². The van der Waals surface area contributed by atoms with Crippen molar-refractivity contribution in [3.8, 4) is 5.75 Å². The maximum absolute atomic E-state index is 13.6. The van der Waals surface area contributed by atoms with Gasteiger partial charge in [-0.1, -0.05) is 18.2 Å². The molecule has 6 heteroatoms. The number of urea groups is 1. The Morgan fingerprint density at radius 2 is 1.78 bits per heavy atom. The second-order valence-corrected chi connectivity index (χ2v) is 5.40. The van der Waals surface area contributed by atoms with E-state index in [1.54, 1.807) is 35.2 Å². The van der Waals surface area contributed by atoms with E-state index in [4.69, 9.17) is 0 Å². The number of aromatic hydroxyl groups is 1. The number of halogens is 1. The van der Waals surface area contributed by atoms with Crippen molar-refractivity contribution in [2.45, 2.75) is 0 Å². The highest BCUT2D eigenvalue weighted by Gasteiger charge is 2.22. The van der Waals surface area contributed by atoms with Crippen LogP contribution in [-0.4, -0.2) is 42.2 Å². The molecule has 2 N–H and O–H groups in total. The van der Waals surface area contributed by atoms with Crippen molar-refractivity contribution in [3.05, 3.63) is 54.3 Å². The number of carbonyl (C=O) groups is 1. The molecule has 1 heterocycles. The molecule has 2 aromatic rings. The predicted molar refractivity (Wildman–Crippen MR) is 87.3 cm³/mol. The summed E-state index contributed by atoms with van der Waals surface area (Å²) in [6.07, 6.45) is 0. The maximum Gasteiger partial charge on any atom is 0.322 e. The van der Waals surface area contributed by atoms with Crippen molar-refractivity contribution in [3.63, 3.8) is 0 Å². The molecule has 2 amide bonds. The number of phenols is 1. The molecule has 0 radical (unpaired) electrons. The van der Waals surface area contributed by atoms with Crippen molar-refractivity contribution in [2.75, 3.05) is 36.4 Å². The van der Waals surface area contributed by atoms with Crippen LogP contribution in [-0.2, 0) is 0 Å². The highest BCUT2D eigenvalue weighted by Crippen LogP contribution is 2.21. The van der Waals surface area contributed by atoms with Gasteiger partial charge in [-0.2, -0.15) is 0 Å². The average molecular weight is 315 g/mol. The van der Waals surface area contributed by atoms with E-state index in [0.29, 0.717) is 26.2 Å². The highest BCUT2D eigenvalue weighted by atomic mass is 19.1. The van der Waals surface area contributed by atoms with E-state index in [0.717, 1.165) is 5.69 Å². The Morgan fingerprint density at radius 1 is 1.04 bits per heavy atom. The van der Waals surface area contributed by atoms with Gasteiger partial charge in [0.25, 0.3) is 0 Å². The van der Waals surface area contributed by atoms with E-state index < -0.39 is 5.82 Å². The van der Waals surface area contributed by atoms with Crippen molar-refractivity contribution in [1.29, 1.82) is 0 Å². The predicted octanol–water partition coefficient (Wildman–Crippen LogP) is 2.89. The van der Waals surface area contributed by atoms with Crippen molar-refractivity contribution in [1.82, 2.24) is 4.90 Å². The van der Waals surface area contributed by atoms with Gasteiger partial charge in [0.15, 0.2) is 0 Å². The van der Waals surface area contributed by atoms with Crippen LogP contribution in [0.3, 0.4) is 0 Å². The van der Waals surface area contributed by atoms with Gasteiger partial charge in [0, 0.05) is 37.9 Å². The minimum Gasteiger partial charge on any atom is -0.508 e. The molecule has 5 nitrogen and oxygen atoms in total. The van der Waals surface area contributed by atoms with E-state index >= 15 is 0 Å². The first-order valence-electron chi connectivity index (χ1n) is 7.48. The van der Waals surface area contributed by atoms with Crippen LogP contribution in [0.5, 0.6) is 5.75 Å². The largest absolute Gasteiger partial charge is 0.508 e. The van der Waals surface area contributed by atoms with E-state index in [9.17, 15) is 14.3 Å². The second kappa shape index (κ2) is 6.56. The number of nitrogens with one attached hydrogen (secondary N) is 1. The summed E-state index contributed by atoms with van der Waals surface area (Å²) in [5.74, 6) is -0.221. The number of benzene rings is 2. The number of hydrogen-bond acceptors (Lipinski definition) is 3. The fourth-order valence-corrected chi connectivity index (χ4v) is 2.61. The van der Waals surface area contributed by atoms with Gasteiger partial charge in [0.2, 0.25) is 0 Å². The summed E-state index contributed by atoms with van der Waals surface area (Å²) in [6.45, 7) is 2.40. The van der Waals surface area contributed by atoms with E-state index in [-0.39, 0.29) is 17.5 Å². The van der Waals surface area contributed by atoms with Gasteiger partial charge in [-0.15, -0.1) is 0 Å². The molecule has 0 aliphatic carbocycles. The SMILES string of the molecule is O=C(Nc1ccccc1F)N1CCN(c2cccc(O)c2)CC1. The highest BCUT2D eigenvalue weighted by molar-refractivity contribution is 5.89. The Labute approximate surface area is 133 Å². The number of para-hydroxylation sites is 1. The van der Waals surface area contributed by atoms with Crippen LogP contribution < -0.4 is 10.2 Å². The Bertz CT molecular complexity index is 700. The fraction of sp³-hybridized carbons (Fsp3) is 0.235. The lowest BCUT2D eigenvalue weighted by Gasteiger charge is -2.36. The first-order valence-corrected chi connectivity index (χ1v) is 7.48. The molecule has 0 atom stereocenters. The van der Waals surface area contributed by atoms with Crippen LogP contribution >= 0.6 is 0 Å². The summed E-state index contributed by atoms with van der Waals surface area (Å²) < 4.78 is 13.6. The maximum atomic E-state index is 13.6. The molecule has 120 valence electrons. The third kappa shape index (κ3) is 3.53. The standard InChI is InChI=1S/C17H18FN3O2/c18-15-6-1-2-7-16(15)19-17(23)21-10-8-20(9-11-21)13-4-3-5-14(22)12-13/h1-7,12,22H,8-11H2,(H,19,23). The lowest BCUT2D eigenvalue weighted by atomic mass is 10.2. The molecule has 1 aliphatic heterocycles. The number of anilines is 2. The number of piperazine rings is 1. The van der Waals surface area contributed by atoms with Crippen LogP contribution in [0.4, 0.5) is 20.6 Å². The van der Waals surface area contributed by atoms with E-state index in [2.05, 4.69) is 10.2 Å². The molecule has 0 aromatic heterocycles. The Hall–Kier alpha value is -2.76. The third-order valence-electron chi connectivity index (χ3n) is 3.88. The van der Waals surface area contributed by atoms with Crippen LogP contribution in [0.1, 0.15) is 0 Å². The quantitative estimate of drug-likeness (QED) is 0.896. The van der Waals surface area contributed by atoms with Crippen LogP contribution in [0, 0.1) is 5.82 Å². The van der Waals surface area contributed by atoms with E-state index in [1.165, 1.54) is 12.1 Å². The first kappa shape index (κ1) is 15.1. The summed E-state index contributed by atoms with van der Waals surface area (Å²) >= 11 is 0. The smallest absolute Gasteiger partial charge is 0.322 e. The molecular formula is C17H18FN3O2. The average Bonchev–Trinajstić information content (AvgIpc) is 2.57. The molecule has 3 rings (SSSR count). The van der Waals surface area contributed by atoms with Gasteiger partial charge in [0.1, 0.15) is 11.6 Å². The summed E-state index contributed by atoms with van der Waals surface area (Å²) in [5.41, 5.74) is 1.12. The molecule has 1 fully saturated rings. The Kier molecular flexibility index (Phi) is 4.32. The minimum atomic E-state index is -0.445. The summed E-state index contributed by atoms with van der Waals surface area (Å²) in [5, 5.41) is 12.1. The topological polar surface area (TPSA) is 55.8 Å². The van der Waals surface area contributed by atoms with Crippen molar-refractivity contribution in [2.24, 2.45) is 0 Å². The van der Waals surface area contributed by atoms with Gasteiger partial charge in [0.05, 0.1) is 5.69 Å². The minimum absolute atomic E-state index is 0.188. The number of hydrogen-bond donors (Lipinski definition) is 2. The number of rotatable bonds is 2. The Balaban J connectivity index is 1.58. The molecule has 1 aliphatic rings. The van der Waals surface area contributed by atoms with Crippen LogP contribution in [0.15, 0.2) is 48.5 Å². The molecule has 0 unspecified atom stereocenters. The molecule has 0 bridgehead atoms. The van der Waals surface area contributed by atoms with Gasteiger partial charge in [-0.05, 0) is 24.3 Å². The normalized spacial score (nSPS) is 14.7. The zero-order valence-corrected chi connectivity index (χ0v) is 12.6. The fourth-order valence-electron chi connectivity index (χ4n) is 2.61. The molecule has 23 heavy (non-hydrogen) atoms. The van der Waals surface area contributed by atoms with E-state index in [1.807, 2.05) is 6.07 Å². The number of carbonyl (C=O) groups excluding carboxylic acids is 1. The first-order chi connectivity index (χ1) is 11.1. The number of nitrogens with zero attached hydrogens (tertiary/aromatic N) is 2. The molecular weight excluding hydrogens is 297 g/mol. The van der Waals surface area contributed by atoms with Gasteiger partial charge in [-0.3, -0.25) is 0 Å². The van der Waals surface area contributed by atoms with Gasteiger partial charge < -0.3 is 20.2 Å². The van der Waals surface area contributed by atoms with Gasteiger partial charge in [-0.25, -0.2) is 9.18 Å². The monoisotopic (exact) mass is 315 g/mol. The molecule has 2 aromatic carbocycles. The van der Waals surface area contributed by atoms with Crippen LogP contribution in [0.2, 0.25) is 0 Å². The lowest BCUT2D eigenvalue weighted by molar-refractivity contribution is 0.208. The van der Waals surface area contributed by atoms with Gasteiger partial charge >= 0.3 is 6.03 Å². The van der Waals surface area contributed by atoms with Crippen LogP contribution in [0.25, 0.3) is 0 Å². The second-order valence-electron chi connectivity index (χ2n) is 5.40. The molecule has 0 saturated carbocycles. The zero-order valence-electron chi connectivity index (χ0n) is 12.6. The number of phenolic OH excluding ortho intramolecular Hbond substituents is 1. The molecule has 1 saturated heterocycles. The zero-order chi connectivity index (χ0) is 16.2. The lowest BCUT2D eigenvalue weighted by Crippen LogP contribution is -2.50. The van der Waals surface area contributed by atoms with Crippen molar-refractivity contribution >= 4 is 17.4 Å². The summed E-state index contributed by atoms with van der Waals surface area (Å²) in [7, 11) is 0. The molecule has 0 spiro atoms. The third-order valence-corrected chi connectivity index (χ3v) is 3.88. The summed E-state index contributed by atoms with van der Waals surface area (Å²) in [4.78, 5) is 16.0.